The highest BCUT2D eigenvalue weighted by Crippen LogP contribution is 2.39. The first kappa shape index (κ1) is 15.9. The maximum atomic E-state index is 6.46. The molecule has 0 spiro atoms. The molecule has 2 heterocycles. The molecular weight excluding hydrogens is 335 g/mol. The third-order valence-electron chi connectivity index (χ3n) is 3.79. The first-order valence-electron chi connectivity index (χ1n) is 7.36. The third-order valence-corrected chi connectivity index (χ3v) is 5.32. The zero-order valence-corrected chi connectivity index (χ0v) is 14.7. The zero-order chi connectivity index (χ0) is 15.7. The van der Waals surface area contributed by atoms with Crippen molar-refractivity contribution >= 4 is 45.4 Å². The van der Waals surface area contributed by atoms with Gasteiger partial charge in [-0.05, 0) is 62.6 Å². The largest absolute Gasteiger partial charge is 0.354 e. The van der Waals surface area contributed by atoms with E-state index in [1.165, 1.54) is 15.3 Å². The summed E-state index contributed by atoms with van der Waals surface area (Å²) in [6.45, 7) is 2.84. The molecule has 3 rings (SSSR count). The number of hydrogen-bond acceptors (Lipinski definition) is 2. The second-order valence-corrected chi connectivity index (χ2v) is 7.58. The molecule has 0 amide bonds. The first-order chi connectivity index (χ1) is 10.6. The lowest BCUT2D eigenvalue weighted by Crippen LogP contribution is -1.99. The standard InChI is InChI=1S/C17H18Cl2N2S/c1-10-5-6-15(22-10)17-12(4-2-3-7-20)16-13(19)8-11(18)9-14(16)21-17/h5-6,8-9,21H,2-4,7,20H2,1H3. The minimum Gasteiger partial charge on any atom is -0.354 e. The molecule has 0 saturated carbocycles. The molecular formula is C17H18Cl2N2S. The van der Waals surface area contributed by atoms with Crippen LogP contribution in [-0.4, -0.2) is 11.5 Å². The van der Waals surface area contributed by atoms with Crippen molar-refractivity contribution in [3.05, 3.63) is 44.8 Å². The van der Waals surface area contributed by atoms with Crippen molar-refractivity contribution in [1.29, 1.82) is 0 Å². The summed E-state index contributed by atoms with van der Waals surface area (Å²) < 4.78 is 0. The van der Waals surface area contributed by atoms with Crippen LogP contribution in [0.15, 0.2) is 24.3 Å². The van der Waals surface area contributed by atoms with Gasteiger partial charge in [0.2, 0.25) is 0 Å². The smallest absolute Gasteiger partial charge is 0.0599 e. The number of fused-ring (bicyclic) bond motifs is 1. The molecule has 22 heavy (non-hydrogen) atoms. The van der Waals surface area contributed by atoms with Crippen LogP contribution in [0.25, 0.3) is 21.5 Å². The summed E-state index contributed by atoms with van der Waals surface area (Å²) in [4.78, 5) is 6.05. The molecule has 0 atom stereocenters. The fourth-order valence-corrected chi connectivity index (χ4v) is 4.29. The molecule has 116 valence electrons. The number of H-pyrrole nitrogens is 1. The van der Waals surface area contributed by atoms with Crippen molar-refractivity contribution in [3.63, 3.8) is 0 Å². The van der Waals surface area contributed by atoms with Gasteiger partial charge in [0.05, 0.1) is 15.6 Å². The minimum atomic E-state index is 0.654. The summed E-state index contributed by atoms with van der Waals surface area (Å²) in [5.74, 6) is 0. The molecule has 0 aliphatic heterocycles. The molecule has 0 aliphatic rings. The summed E-state index contributed by atoms with van der Waals surface area (Å²) >= 11 is 14.4. The molecule has 0 bridgehead atoms. The Hall–Kier alpha value is -1.000. The number of aromatic nitrogens is 1. The van der Waals surface area contributed by atoms with E-state index in [9.17, 15) is 0 Å². The predicted octanol–water partition coefficient (Wildman–Crippen LogP) is 5.79. The van der Waals surface area contributed by atoms with Crippen LogP contribution >= 0.6 is 34.5 Å². The molecule has 0 fully saturated rings. The Kier molecular flexibility index (Phi) is 4.79. The quantitative estimate of drug-likeness (QED) is 0.560. The number of nitrogens with one attached hydrogen (secondary N) is 1. The van der Waals surface area contributed by atoms with E-state index in [0.717, 1.165) is 42.4 Å². The van der Waals surface area contributed by atoms with Gasteiger partial charge < -0.3 is 10.7 Å². The van der Waals surface area contributed by atoms with Crippen molar-refractivity contribution in [2.45, 2.75) is 26.2 Å². The van der Waals surface area contributed by atoms with Crippen molar-refractivity contribution in [2.24, 2.45) is 5.73 Å². The molecule has 1 aromatic carbocycles. The Morgan fingerprint density at radius 2 is 2.00 bits per heavy atom. The highest BCUT2D eigenvalue weighted by molar-refractivity contribution is 7.15. The van der Waals surface area contributed by atoms with E-state index in [-0.39, 0.29) is 0 Å². The first-order valence-corrected chi connectivity index (χ1v) is 8.94. The summed E-state index contributed by atoms with van der Waals surface area (Å²) in [6, 6.07) is 8.06. The minimum absolute atomic E-state index is 0.654. The van der Waals surface area contributed by atoms with Gasteiger partial charge in [0.1, 0.15) is 0 Å². The molecule has 0 saturated heterocycles. The van der Waals surface area contributed by atoms with Gasteiger partial charge in [-0.1, -0.05) is 23.2 Å². The van der Waals surface area contributed by atoms with E-state index >= 15 is 0 Å². The average Bonchev–Trinajstić information content (AvgIpc) is 3.03. The topological polar surface area (TPSA) is 41.8 Å². The van der Waals surface area contributed by atoms with Crippen LogP contribution in [0.2, 0.25) is 10.0 Å². The average molecular weight is 353 g/mol. The SMILES string of the molecule is Cc1ccc(-c2[nH]c3cc(Cl)cc(Cl)c3c2CCCCN)s1. The number of rotatable bonds is 5. The van der Waals surface area contributed by atoms with E-state index in [2.05, 4.69) is 24.0 Å². The van der Waals surface area contributed by atoms with Crippen molar-refractivity contribution in [2.75, 3.05) is 6.54 Å². The summed E-state index contributed by atoms with van der Waals surface area (Å²) in [5.41, 5.74) is 9.07. The van der Waals surface area contributed by atoms with Gasteiger partial charge in [0.25, 0.3) is 0 Å². The monoisotopic (exact) mass is 352 g/mol. The van der Waals surface area contributed by atoms with E-state index in [1.807, 2.05) is 12.1 Å². The molecule has 0 unspecified atom stereocenters. The molecule has 0 aliphatic carbocycles. The second-order valence-electron chi connectivity index (χ2n) is 5.44. The molecule has 3 aromatic rings. The summed E-state index contributed by atoms with van der Waals surface area (Å²) in [5, 5.41) is 2.45. The number of halogens is 2. The summed E-state index contributed by atoms with van der Waals surface area (Å²) in [6.07, 6.45) is 3.03. The van der Waals surface area contributed by atoms with Gasteiger partial charge in [-0.25, -0.2) is 0 Å². The molecule has 2 nitrogen and oxygen atoms in total. The Morgan fingerprint density at radius 3 is 2.68 bits per heavy atom. The van der Waals surface area contributed by atoms with E-state index in [0.29, 0.717) is 10.0 Å². The van der Waals surface area contributed by atoms with Crippen molar-refractivity contribution in [3.8, 4) is 10.6 Å². The van der Waals surface area contributed by atoms with Crippen LogP contribution < -0.4 is 5.73 Å². The van der Waals surface area contributed by atoms with E-state index < -0.39 is 0 Å². The Morgan fingerprint density at radius 1 is 1.18 bits per heavy atom. The molecule has 5 heteroatoms. The van der Waals surface area contributed by atoms with Gasteiger partial charge in [0.15, 0.2) is 0 Å². The van der Waals surface area contributed by atoms with E-state index in [4.69, 9.17) is 28.9 Å². The third kappa shape index (κ3) is 3.04. The van der Waals surface area contributed by atoms with Gasteiger partial charge in [-0.2, -0.15) is 0 Å². The van der Waals surface area contributed by atoms with Gasteiger partial charge in [0, 0.05) is 20.8 Å². The molecule has 3 N–H and O–H groups in total. The number of nitrogens with two attached hydrogens (primary N) is 1. The maximum Gasteiger partial charge on any atom is 0.0599 e. The number of aryl methyl sites for hydroxylation is 2. The lowest BCUT2D eigenvalue weighted by Gasteiger charge is -2.04. The highest BCUT2D eigenvalue weighted by Gasteiger charge is 2.17. The Balaban J connectivity index is 2.16. The highest BCUT2D eigenvalue weighted by atomic mass is 35.5. The normalized spacial score (nSPS) is 11.5. The number of aromatic amines is 1. The summed E-state index contributed by atoms with van der Waals surface area (Å²) in [7, 11) is 0. The van der Waals surface area contributed by atoms with Gasteiger partial charge >= 0.3 is 0 Å². The van der Waals surface area contributed by atoms with Crippen LogP contribution in [0.4, 0.5) is 0 Å². The number of unbranched alkanes of at least 4 members (excludes halogenated alkanes) is 1. The lowest BCUT2D eigenvalue weighted by molar-refractivity contribution is 0.748. The van der Waals surface area contributed by atoms with Crippen LogP contribution in [0.5, 0.6) is 0 Å². The van der Waals surface area contributed by atoms with Crippen molar-refractivity contribution in [1.82, 2.24) is 4.98 Å². The van der Waals surface area contributed by atoms with Crippen molar-refractivity contribution < 1.29 is 0 Å². The molecule has 0 radical (unpaired) electrons. The van der Waals surface area contributed by atoms with Gasteiger partial charge in [-0.3, -0.25) is 0 Å². The number of hydrogen-bond donors (Lipinski definition) is 2. The van der Waals surface area contributed by atoms with Gasteiger partial charge in [-0.15, -0.1) is 11.3 Å². The van der Waals surface area contributed by atoms with Crippen LogP contribution in [0, 0.1) is 6.92 Å². The predicted molar refractivity (Wildman–Crippen MR) is 98.4 cm³/mol. The number of benzene rings is 1. The zero-order valence-electron chi connectivity index (χ0n) is 12.4. The fraction of sp³-hybridized carbons (Fsp3) is 0.294. The maximum absolute atomic E-state index is 6.46. The van der Waals surface area contributed by atoms with E-state index in [1.54, 1.807) is 11.3 Å². The Bertz CT molecular complexity index is 804. The fourth-order valence-electron chi connectivity index (χ4n) is 2.79. The lowest BCUT2D eigenvalue weighted by atomic mass is 10.0. The Labute approximate surface area is 144 Å². The van der Waals surface area contributed by atoms with Crippen LogP contribution in [0.1, 0.15) is 23.3 Å². The molecule has 2 aromatic heterocycles. The van der Waals surface area contributed by atoms with Crippen LogP contribution in [-0.2, 0) is 6.42 Å². The van der Waals surface area contributed by atoms with Crippen LogP contribution in [0.3, 0.4) is 0 Å². The number of thiophene rings is 1. The second kappa shape index (κ2) is 6.63.